The summed E-state index contributed by atoms with van der Waals surface area (Å²) in [7, 11) is -4.08. The van der Waals surface area contributed by atoms with Gasteiger partial charge in [0.25, 0.3) is 0 Å². The lowest BCUT2D eigenvalue weighted by atomic mass is 10.2. The monoisotopic (exact) mass is 514 g/mol. The molecule has 0 atom stereocenters. The number of halogens is 4. The van der Waals surface area contributed by atoms with Crippen molar-refractivity contribution in [3.63, 3.8) is 0 Å². The lowest BCUT2D eigenvalue weighted by Crippen LogP contribution is -2.37. The molecule has 168 valence electrons. The molecule has 3 aromatic carbocycles. The maximum atomic E-state index is 13.4. The second-order valence-corrected chi connectivity index (χ2v) is 10.1. The van der Waals surface area contributed by atoms with E-state index in [1.165, 1.54) is 24.3 Å². The number of sulfonamides is 1. The molecule has 0 bridgehead atoms. The molecule has 0 radical (unpaired) electrons. The normalized spacial score (nSPS) is 11.6. The number of nitrogens with one attached hydrogen (secondary N) is 1. The zero-order valence-electron chi connectivity index (χ0n) is 16.8. The summed E-state index contributed by atoms with van der Waals surface area (Å²) in [4.78, 5) is 12.7. The molecule has 0 saturated heterocycles. The predicted molar refractivity (Wildman–Crippen MR) is 125 cm³/mol. The van der Waals surface area contributed by atoms with Crippen molar-refractivity contribution in [1.29, 1.82) is 0 Å². The van der Waals surface area contributed by atoms with Gasteiger partial charge in [-0.15, -0.1) is 0 Å². The minimum Gasteiger partial charge on any atom is -0.325 e. The van der Waals surface area contributed by atoms with Crippen molar-refractivity contribution >= 4 is 56.4 Å². The molecule has 3 rings (SSSR count). The van der Waals surface area contributed by atoms with E-state index >= 15 is 0 Å². The van der Waals surface area contributed by atoms with Crippen molar-refractivity contribution in [3.8, 4) is 0 Å². The van der Waals surface area contributed by atoms with E-state index in [0.29, 0.717) is 5.56 Å². The molecule has 0 fully saturated rings. The molecular weight excluding hydrogens is 498 g/mol. The van der Waals surface area contributed by atoms with Crippen LogP contribution in [0.3, 0.4) is 0 Å². The van der Waals surface area contributed by atoms with Gasteiger partial charge in [0.15, 0.2) is 0 Å². The van der Waals surface area contributed by atoms with Crippen molar-refractivity contribution in [2.45, 2.75) is 18.4 Å². The minimum absolute atomic E-state index is 0.0175. The van der Waals surface area contributed by atoms with Gasteiger partial charge in [-0.25, -0.2) is 12.8 Å². The molecule has 0 saturated carbocycles. The second-order valence-electron chi connectivity index (χ2n) is 6.96. The Labute approximate surface area is 200 Å². The van der Waals surface area contributed by atoms with Gasteiger partial charge < -0.3 is 5.32 Å². The van der Waals surface area contributed by atoms with Gasteiger partial charge in [-0.1, -0.05) is 58.6 Å². The quantitative estimate of drug-likeness (QED) is 0.424. The van der Waals surface area contributed by atoms with E-state index in [9.17, 15) is 17.6 Å². The summed E-state index contributed by atoms with van der Waals surface area (Å²) in [5, 5.41) is 2.90. The molecule has 0 aliphatic rings. The molecule has 0 spiro atoms. The van der Waals surface area contributed by atoms with E-state index in [2.05, 4.69) is 5.32 Å². The molecule has 0 aromatic heterocycles. The van der Waals surface area contributed by atoms with Crippen molar-refractivity contribution in [2.75, 3.05) is 11.9 Å². The summed E-state index contributed by atoms with van der Waals surface area (Å²) < 4.78 is 41.0. The molecule has 0 aliphatic carbocycles. The first-order valence-electron chi connectivity index (χ1n) is 9.32. The number of rotatable bonds is 7. The second kappa shape index (κ2) is 10.2. The fourth-order valence-corrected chi connectivity index (χ4v) is 4.94. The van der Waals surface area contributed by atoms with Crippen LogP contribution >= 0.6 is 34.8 Å². The first-order valence-corrected chi connectivity index (χ1v) is 11.9. The van der Waals surface area contributed by atoms with Crippen LogP contribution in [0.15, 0.2) is 65.6 Å². The van der Waals surface area contributed by atoms with Gasteiger partial charge >= 0.3 is 0 Å². The van der Waals surface area contributed by atoms with Crippen LogP contribution in [0.25, 0.3) is 0 Å². The molecule has 0 aliphatic heterocycles. The van der Waals surface area contributed by atoms with Gasteiger partial charge in [0.05, 0.1) is 16.5 Å². The molecule has 5 nitrogen and oxygen atoms in total. The SMILES string of the molecule is Cc1ccc(S(=O)(=O)N(CC(=O)Nc2ccc(F)c(Cl)c2)Cc2c(Cl)cccc2Cl)cc1. The van der Waals surface area contributed by atoms with Crippen LogP contribution in [0.2, 0.25) is 15.1 Å². The van der Waals surface area contributed by atoms with Gasteiger partial charge in [-0.3, -0.25) is 4.79 Å². The first kappa shape index (κ1) is 24.5. The molecule has 1 N–H and O–H groups in total. The third-order valence-corrected chi connectivity index (χ3v) is 7.38. The zero-order valence-corrected chi connectivity index (χ0v) is 19.9. The van der Waals surface area contributed by atoms with Gasteiger partial charge in [-0.2, -0.15) is 4.31 Å². The van der Waals surface area contributed by atoms with Gasteiger partial charge in [-0.05, 0) is 49.4 Å². The van der Waals surface area contributed by atoms with E-state index in [4.69, 9.17) is 34.8 Å². The van der Waals surface area contributed by atoms with Gasteiger partial charge in [0.1, 0.15) is 5.82 Å². The van der Waals surface area contributed by atoms with Gasteiger partial charge in [0.2, 0.25) is 15.9 Å². The standard InChI is InChI=1S/C22H18Cl3FN2O3S/c1-14-5-8-16(9-6-14)32(30,31)28(12-17-18(23)3-2-4-19(17)24)13-22(29)27-15-7-10-21(26)20(25)11-15/h2-11H,12-13H2,1H3,(H,27,29). The lowest BCUT2D eigenvalue weighted by molar-refractivity contribution is -0.116. The summed E-state index contributed by atoms with van der Waals surface area (Å²) in [5.41, 5.74) is 1.48. The van der Waals surface area contributed by atoms with Gasteiger partial charge in [0, 0.05) is 27.8 Å². The average Bonchev–Trinajstić information content (AvgIpc) is 2.73. The average molecular weight is 516 g/mol. The van der Waals surface area contributed by atoms with E-state index in [1.54, 1.807) is 30.3 Å². The van der Waals surface area contributed by atoms with Crippen LogP contribution in [0, 0.1) is 12.7 Å². The van der Waals surface area contributed by atoms with E-state index in [1.807, 2.05) is 6.92 Å². The molecule has 1 amide bonds. The molecular formula is C22H18Cl3FN2O3S. The Morgan fingerprint density at radius 2 is 1.59 bits per heavy atom. The highest BCUT2D eigenvalue weighted by atomic mass is 35.5. The molecule has 10 heteroatoms. The summed E-state index contributed by atoms with van der Waals surface area (Å²) in [5.74, 6) is -1.28. The highest BCUT2D eigenvalue weighted by Crippen LogP contribution is 2.28. The zero-order chi connectivity index (χ0) is 23.5. The summed E-state index contributed by atoms with van der Waals surface area (Å²) in [6, 6.07) is 14.7. The Morgan fingerprint density at radius 3 is 2.19 bits per heavy atom. The van der Waals surface area contributed by atoms with Crippen LogP contribution in [-0.4, -0.2) is 25.2 Å². The number of benzene rings is 3. The Balaban J connectivity index is 1.93. The number of hydrogen-bond donors (Lipinski definition) is 1. The summed E-state index contributed by atoms with van der Waals surface area (Å²) in [6.45, 7) is 1.07. The fourth-order valence-electron chi connectivity index (χ4n) is 2.88. The smallest absolute Gasteiger partial charge is 0.243 e. The Hall–Kier alpha value is -2.16. The fraction of sp³-hybridized carbons (Fsp3) is 0.136. The number of amides is 1. The number of carbonyl (C=O) groups is 1. The van der Waals surface area contributed by atoms with Crippen molar-refractivity contribution < 1.29 is 17.6 Å². The summed E-state index contributed by atoms with van der Waals surface area (Å²) in [6.07, 6.45) is 0. The Bertz CT molecular complexity index is 1230. The lowest BCUT2D eigenvalue weighted by Gasteiger charge is -2.23. The molecule has 0 heterocycles. The van der Waals surface area contributed by atoms with Crippen LogP contribution in [0.5, 0.6) is 0 Å². The van der Waals surface area contributed by atoms with E-state index in [-0.39, 0.29) is 32.2 Å². The number of nitrogens with zero attached hydrogens (tertiary/aromatic N) is 1. The van der Waals surface area contributed by atoms with E-state index < -0.39 is 28.3 Å². The van der Waals surface area contributed by atoms with Crippen molar-refractivity contribution in [2.24, 2.45) is 0 Å². The third-order valence-electron chi connectivity index (χ3n) is 4.58. The number of carbonyl (C=O) groups excluding carboxylic acids is 1. The molecule has 3 aromatic rings. The maximum Gasteiger partial charge on any atom is 0.243 e. The van der Waals surface area contributed by atoms with Crippen molar-refractivity contribution in [3.05, 3.63) is 92.7 Å². The van der Waals surface area contributed by atoms with Crippen LogP contribution in [0.4, 0.5) is 10.1 Å². The molecule has 32 heavy (non-hydrogen) atoms. The Kier molecular flexibility index (Phi) is 7.79. The molecule has 0 unspecified atom stereocenters. The van der Waals surface area contributed by atoms with Crippen LogP contribution in [0.1, 0.15) is 11.1 Å². The predicted octanol–water partition coefficient (Wildman–Crippen LogP) is 5.92. The summed E-state index contributed by atoms with van der Waals surface area (Å²) >= 11 is 18.2. The van der Waals surface area contributed by atoms with Crippen LogP contribution in [-0.2, 0) is 21.4 Å². The topological polar surface area (TPSA) is 66.5 Å². The van der Waals surface area contributed by atoms with E-state index in [0.717, 1.165) is 15.9 Å². The highest BCUT2D eigenvalue weighted by molar-refractivity contribution is 7.89. The number of aryl methyl sites for hydroxylation is 1. The Morgan fingerprint density at radius 1 is 0.969 bits per heavy atom. The number of hydrogen-bond acceptors (Lipinski definition) is 3. The maximum absolute atomic E-state index is 13.4. The highest BCUT2D eigenvalue weighted by Gasteiger charge is 2.28. The third kappa shape index (κ3) is 5.79. The van der Waals surface area contributed by atoms with Crippen molar-refractivity contribution in [1.82, 2.24) is 4.31 Å². The van der Waals surface area contributed by atoms with Crippen LogP contribution < -0.4 is 5.32 Å². The minimum atomic E-state index is -4.08. The largest absolute Gasteiger partial charge is 0.325 e. The first-order chi connectivity index (χ1) is 15.1. The number of anilines is 1.